The minimum absolute atomic E-state index is 0.0230. The van der Waals surface area contributed by atoms with Crippen LogP contribution in [0.15, 0.2) is 12.1 Å². The lowest BCUT2D eigenvalue weighted by molar-refractivity contribution is -0.138. The second kappa shape index (κ2) is 7.24. The van der Waals surface area contributed by atoms with Crippen molar-refractivity contribution in [2.24, 2.45) is 0 Å². The van der Waals surface area contributed by atoms with Gasteiger partial charge in [0.1, 0.15) is 6.29 Å². The first-order chi connectivity index (χ1) is 9.85. The fraction of sp³-hybridized carbons (Fsp3) is 0.467. The predicted octanol–water partition coefficient (Wildman–Crippen LogP) is 3.75. The van der Waals surface area contributed by atoms with Crippen molar-refractivity contribution in [2.75, 3.05) is 5.32 Å². The van der Waals surface area contributed by atoms with E-state index in [1.54, 1.807) is 13.8 Å². The van der Waals surface area contributed by atoms with Gasteiger partial charge in [-0.3, -0.25) is 4.79 Å². The zero-order chi connectivity index (χ0) is 16.0. The maximum absolute atomic E-state index is 13.0. The molecular weight excluding hydrogens is 283 g/mol. The minimum Gasteiger partial charge on any atom is -0.326 e. The van der Waals surface area contributed by atoms with Crippen molar-refractivity contribution in [1.29, 1.82) is 0 Å². The van der Waals surface area contributed by atoms with Crippen LogP contribution < -0.4 is 5.32 Å². The number of aldehydes is 1. The number of rotatable bonds is 6. The fourth-order valence-electron chi connectivity index (χ4n) is 2.29. The average molecular weight is 301 g/mol. The Balaban J connectivity index is 3.18. The fourth-order valence-corrected chi connectivity index (χ4v) is 2.29. The van der Waals surface area contributed by atoms with Crippen LogP contribution in [0.4, 0.5) is 18.9 Å². The van der Waals surface area contributed by atoms with E-state index in [1.807, 2.05) is 0 Å². The Bertz CT molecular complexity index is 524. The maximum atomic E-state index is 13.0. The van der Waals surface area contributed by atoms with Crippen LogP contribution in [-0.2, 0) is 28.6 Å². The van der Waals surface area contributed by atoms with Crippen LogP contribution in [0.2, 0.25) is 0 Å². The van der Waals surface area contributed by atoms with E-state index in [4.69, 9.17) is 0 Å². The molecule has 1 amide bonds. The molecule has 3 nitrogen and oxygen atoms in total. The molecule has 0 bridgehead atoms. The first-order valence-corrected chi connectivity index (χ1v) is 6.80. The Hall–Kier alpha value is -1.85. The normalized spacial score (nSPS) is 11.3. The summed E-state index contributed by atoms with van der Waals surface area (Å²) in [6.07, 6.45) is -3.05. The van der Waals surface area contributed by atoms with Gasteiger partial charge >= 0.3 is 6.18 Å². The van der Waals surface area contributed by atoms with Gasteiger partial charge in [0.05, 0.1) is 5.56 Å². The van der Waals surface area contributed by atoms with Crippen molar-refractivity contribution < 1.29 is 22.8 Å². The Kier molecular flexibility index (Phi) is 5.93. The summed E-state index contributed by atoms with van der Waals surface area (Å²) in [7, 11) is 0. The van der Waals surface area contributed by atoms with Crippen LogP contribution in [0.3, 0.4) is 0 Å². The van der Waals surface area contributed by atoms with E-state index in [-0.39, 0.29) is 30.7 Å². The van der Waals surface area contributed by atoms with Crippen LogP contribution in [0.5, 0.6) is 0 Å². The average Bonchev–Trinajstić information content (AvgIpc) is 2.43. The molecule has 0 heterocycles. The topological polar surface area (TPSA) is 46.2 Å². The van der Waals surface area contributed by atoms with Gasteiger partial charge in [0.15, 0.2) is 0 Å². The summed E-state index contributed by atoms with van der Waals surface area (Å²) in [5.41, 5.74) is 0.427. The minimum atomic E-state index is -4.41. The van der Waals surface area contributed by atoms with Crippen LogP contribution >= 0.6 is 0 Å². The number of anilines is 1. The molecule has 0 fully saturated rings. The molecule has 0 spiro atoms. The van der Waals surface area contributed by atoms with Crippen LogP contribution in [0.25, 0.3) is 0 Å². The highest BCUT2D eigenvalue weighted by Crippen LogP contribution is 2.36. The van der Waals surface area contributed by atoms with Crippen molar-refractivity contribution in [1.82, 2.24) is 0 Å². The zero-order valence-corrected chi connectivity index (χ0v) is 12.0. The molecule has 1 rings (SSSR count). The first-order valence-electron chi connectivity index (χ1n) is 6.80. The summed E-state index contributed by atoms with van der Waals surface area (Å²) < 4.78 is 39.0. The van der Waals surface area contributed by atoms with Crippen LogP contribution in [0.1, 0.15) is 43.4 Å². The Morgan fingerprint density at radius 3 is 2.29 bits per heavy atom. The molecular formula is C15H18F3NO2. The number of carbonyl (C=O) groups excluding carboxylic acids is 2. The zero-order valence-electron chi connectivity index (χ0n) is 12.0. The third-order valence-corrected chi connectivity index (χ3v) is 3.21. The summed E-state index contributed by atoms with van der Waals surface area (Å²) in [6.45, 7) is 3.40. The van der Waals surface area contributed by atoms with Gasteiger partial charge in [-0.2, -0.15) is 13.2 Å². The van der Waals surface area contributed by atoms with E-state index >= 15 is 0 Å². The van der Waals surface area contributed by atoms with Crippen LogP contribution in [-0.4, -0.2) is 12.2 Å². The number of amides is 1. The highest BCUT2D eigenvalue weighted by molar-refractivity contribution is 5.92. The van der Waals surface area contributed by atoms with E-state index in [1.165, 1.54) is 6.07 Å². The van der Waals surface area contributed by atoms with Gasteiger partial charge < -0.3 is 10.1 Å². The quantitative estimate of drug-likeness (QED) is 0.813. The number of alkyl halides is 3. The van der Waals surface area contributed by atoms with Gasteiger partial charge in [-0.05, 0) is 36.1 Å². The second-order valence-electron chi connectivity index (χ2n) is 4.58. The smallest absolute Gasteiger partial charge is 0.326 e. The third kappa shape index (κ3) is 4.31. The van der Waals surface area contributed by atoms with Gasteiger partial charge in [0.2, 0.25) is 5.91 Å². The van der Waals surface area contributed by atoms with E-state index in [2.05, 4.69) is 5.32 Å². The lowest BCUT2D eigenvalue weighted by Crippen LogP contribution is -2.16. The largest absolute Gasteiger partial charge is 0.416 e. The van der Waals surface area contributed by atoms with Gasteiger partial charge in [0, 0.05) is 18.5 Å². The molecule has 0 aliphatic carbocycles. The summed E-state index contributed by atoms with van der Waals surface area (Å²) in [5, 5.41) is 2.58. The Morgan fingerprint density at radius 1 is 1.19 bits per heavy atom. The molecule has 0 atom stereocenters. The molecule has 1 aromatic carbocycles. The Morgan fingerprint density at radius 2 is 1.81 bits per heavy atom. The highest BCUT2D eigenvalue weighted by atomic mass is 19.4. The number of nitrogens with one attached hydrogen (secondary N) is 1. The van der Waals surface area contributed by atoms with E-state index in [0.717, 1.165) is 6.07 Å². The summed E-state index contributed by atoms with van der Waals surface area (Å²) in [4.78, 5) is 21.9. The van der Waals surface area contributed by atoms with Gasteiger partial charge in [0.25, 0.3) is 0 Å². The van der Waals surface area contributed by atoms with Crippen molar-refractivity contribution in [2.45, 2.75) is 45.7 Å². The molecule has 0 aliphatic rings. The summed E-state index contributed by atoms with van der Waals surface area (Å²) in [6, 6.07) is 2.27. The number of hydrogen-bond donors (Lipinski definition) is 1. The summed E-state index contributed by atoms with van der Waals surface area (Å²) in [5.74, 6) is -0.376. The van der Waals surface area contributed by atoms with E-state index in [9.17, 15) is 22.8 Å². The monoisotopic (exact) mass is 301 g/mol. The molecule has 0 aromatic heterocycles. The molecule has 0 saturated carbocycles. The molecule has 1 aromatic rings. The lowest BCUT2D eigenvalue weighted by atomic mass is 9.95. The van der Waals surface area contributed by atoms with Crippen molar-refractivity contribution in [3.8, 4) is 0 Å². The van der Waals surface area contributed by atoms with Gasteiger partial charge in [-0.25, -0.2) is 0 Å². The molecule has 21 heavy (non-hydrogen) atoms. The standard InChI is InChI=1S/C15H18F3NO2/c1-3-10-11(4-2)13(19-14(21)6-5-9-20)8-7-12(10)15(16,17)18/h7-9H,3-6H2,1-2H3,(H,19,21). The third-order valence-electron chi connectivity index (χ3n) is 3.21. The lowest BCUT2D eigenvalue weighted by Gasteiger charge is -2.19. The van der Waals surface area contributed by atoms with E-state index in [0.29, 0.717) is 24.0 Å². The number of halogens is 3. The Labute approximate surface area is 121 Å². The number of hydrogen-bond acceptors (Lipinski definition) is 2. The van der Waals surface area contributed by atoms with Crippen LogP contribution in [0, 0.1) is 0 Å². The molecule has 1 N–H and O–H groups in total. The molecule has 0 radical (unpaired) electrons. The first kappa shape index (κ1) is 17.2. The van der Waals surface area contributed by atoms with Gasteiger partial charge in [-0.15, -0.1) is 0 Å². The summed E-state index contributed by atoms with van der Waals surface area (Å²) >= 11 is 0. The van der Waals surface area contributed by atoms with Crippen molar-refractivity contribution in [3.63, 3.8) is 0 Å². The van der Waals surface area contributed by atoms with Crippen molar-refractivity contribution >= 4 is 17.9 Å². The van der Waals surface area contributed by atoms with Crippen molar-refractivity contribution in [3.05, 3.63) is 28.8 Å². The number of carbonyl (C=O) groups is 2. The molecule has 0 unspecified atom stereocenters. The highest BCUT2D eigenvalue weighted by Gasteiger charge is 2.34. The van der Waals surface area contributed by atoms with E-state index < -0.39 is 11.7 Å². The predicted molar refractivity (Wildman–Crippen MR) is 74.1 cm³/mol. The molecule has 0 saturated heterocycles. The molecule has 0 aliphatic heterocycles. The number of benzene rings is 1. The second-order valence-corrected chi connectivity index (χ2v) is 4.58. The van der Waals surface area contributed by atoms with Gasteiger partial charge in [-0.1, -0.05) is 13.8 Å². The molecule has 116 valence electrons. The molecule has 6 heteroatoms. The SMILES string of the molecule is CCc1c(NC(=O)CCC=O)ccc(C(F)(F)F)c1CC. The maximum Gasteiger partial charge on any atom is 0.416 e.